The molecule has 1 fully saturated rings. The van der Waals surface area contributed by atoms with Crippen molar-refractivity contribution in [2.45, 2.75) is 91.6 Å². The van der Waals surface area contributed by atoms with E-state index in [2.05, 4.69) is 27.7 Å². The van der Waals surface area contributed by atoms with Crippen molar-refractivity contribution in [2.24, 2.45) is 0 Å². The van der Waals surface area contributed by atoms with Gasteiger partial charge in [0.2, 0.25) is 11.5 Å². The molecule has 6 nitrogen and oxygen atoms in total. The summed E-state index contributed by atoms with van der Waals surface area (Å²) in [7, 11) is 0. The molecule has 0 atom stereocenters. The van der Waals surface area contributed by atoms with E-state index in [1.54, 1.807) is 6.08 Å². The third-order valence-electron chi connectivity index (χ3n) is 5.23. The van der Waals surface area contributed by atoms with Crippen LogP contribution in [0.15, 0.2) is 12.1 Å². The second-order valence-electron chi connectivity index (χ2n) is 8.38. The molecular formula is C27H42O6. The number of esters is 1. The summed E-state index contributed by atoms with van der Waals surface area (Å²) >= 11 is 0. The minimum absolute atomic E-state index is 0.0171. The van der Waals surface area contributed by atoms with E-state index < -0.39 is 0 Å². The molecule has 0 spiro atoms. The van der Waals surface area contributed by atoms with Gasteiger partial charge in [0.05, 0.1) is 26.4 Å². The highest BCUT2D eigenvalue weighted by Crippen LogP contribution is 2.48. The van der Waals surface area contributed by atoms with Crippen molar-refractivity contribution >= 4 is 12.0 Å². The zero-order valence-electron chi connectivity index (χ0n) is 21.0. The quantitative estimate of drug-likeness (QED) is 0.213. The summed E-state index contributed by atoms with van der Waals surface area (Å²) in [5.41, 5.74) is 0.713. The Morgan fingerprint density at radius 1 is 0.788 bits per heavy atom. The molecule has 2 rings (SSSR count). The van der Waals surface area contributed by atoms with E-state index in [4.69, 9.17) is 23.7 Å². The lowest BCUT2D eigenvalue weighted by Crippen LogP contribution is -2.19. The van der Waals surface area contributed by atoms with Crippen LogP contribution in [0.3, 0.4) is 0 Å². The number of carbonyl (C=O) groups excluding carboxylic acids is 1. The first-order valence-electron chi connectivity index (χ1n) is 12.7. The van der Waals surface area contributed by atoms with Gasteiger partial charge in [0, 0.05) is 11.6 Å². The van der Waals surface area contributed by atoms with Gasteiger partial charge in [-0.25, -0.2) is 4.79 Å². The lowest BCUT2D eigenvalue weighted by Gasteiger charge is -2.22. The summed E-state index contributed by atoms with van der Waals surface area (Å²) in [5.74, 6) is 1.93. The van der Waals surface area contributed by atoms with Crippen molar-refractivity contribution in [1.29, 1.82) is 0 Å². The summed E-state index contributed by atoms with van der Waals surface area (Å²) in [6.07, 6.45) is 12.0. The molecule has 0 saturated heterocycles. The van der Waals surface area contributed by atoms with Crippen LogP contribution in [-0.2, 0) is 9.53 Å². The van der Waals surface area contributed by atoms with Crippen molar-refractivity contribution in [3.8, 4) is 23.0 Å². The molecule has 0 aliphatic heterocycles. The Labute approximate surface area is 199 Å². The molecule has 1 aliphatic rings. The minimum atomic E-state index is -0.332. The van der Waals surface area contributed by atoms with Crippen molar-refractivity contribution < 1.29 is 28.5 Å². The molecule has 0 unspecified atom stereocenters. The first-order chi connectivity index (χ1) is 16.1. The maximum atomic E-state index is 12.5. The normalized spacial score (nSPS) is 14.3. The number of carbonyl (C=O) groups is 1. The molecule has 0 N–H and O–H groups in total. The van der Waals surface area contributed by atoms with Gasteiger partial charge in [-0.2, -0.15) is 0 Å². The molecule has 0 bridgehead atoms. The third kappa shape index (κ3) is 8.82. The zero-order valence-corrected chi connectivity index (χ0v) is 21.0. The van der Waals surface area contributed by atoms with Crippen molar-refractivity contribution in [3.63, 3.8) is 0 Å². The van der Waals surface area contributed by atoms with Crippen LogP contribution in [-0.4, -0.2) is 38.5 Å². The molecule has 0 heterocycles. The van der Waals surface area contributed by atoms with E-state index in [1.807, 2.05) is 6.07 Å². The summed E-state index contributed by atoms with van der Waals surface area (Å²) < 4.78 is 30.0. The number of benzene rings is 1. The van der Waals surface area contributed by atoms with E-state index in [-0.39, 0.29) is 12.1 Å². The molecule has 1 aliphatic carbocycles. The predicted octanol–water partition coefficient (Wildman–Crippen LogP) is 6.73. The number of rotatable bonds is 15. The monoisotopic (exact) mass is 462 g/mol. The van der Waals surface area contributed by atoms with Crippen molar-refractivity contribution in [1.82, 2.24) is 0 Å². The molecule has 1 saturated carbocycles. The van der Waals surface area contributed by atoms with Gasteiger partial charge in [-0.15, -0.1) is 0 Å². The molecule has 1 aromatic carbocycles. The first kappa shape index (κ1) is 26.9. The minimum Gasteiger partial charge on any atom is -0.490 e. The van der Waals surface area contributed by atoms with Gasteiger partial charge >= 0.3 is 5.97 Å². The summed E-state index contributed by atoms with van der Waals surface area (Å²) in [4.78, 5) is 12.5. The Morgan fingerprint density at radius 3 is 1.94 bits per heavy atom. The number of hydrogen-bond donors (Lipinski definition) is 0. The highest BCUT2D eigenvalue weighted by atomic mass is 16.6. The molecule has 0 radical (unpaired) electrons. The van der Waals surface area contributed by atoms with Crippen LogP contribution in [0.5, 0.6) is 23.0 Å². The topological polar surface area (TPSA) is 63.2 Å². The molecular weight excluding hydrogens is 420 g/mol. The predicted molar refractivity (Wildman–Crippen MR) is 132 cm³/mol. The van der Waals surface area contributed by atoms with Gasteiger partial charge in [0.25, 0.3) is 0 Å². The van der Waals surface area contributed by atoms with Crippen LogP contribution in [0.25, 0.3) is 6.08 Å². The van der Waals surface area contributed by atoms with Crippen molar-refractivity contribution in [3.05, 3.63) is 17.7 Å². The molecule has 1 aromatic rings. The molecule has 33 heavy (non-hydrogen) atoms. The van der Waals surface area contributed by atoms with E-state index in [0.717, 1.165) is 51.4 Å². The van der Waals surface area contributed by atoms with E-state index >= 15 is 0 Å². The van der Waals surface area contributed by atoms with Crippen LogP contribution >= 0.6 is 0 Å². The summed E-state index contributed by atoms with van der Waals surface area (Å²) in [6, 6.07) is 1.87. The average molecular weight is 463 g/mol. The third-order valence-corrected chi connectivity index (χ3v) is 5.23. The largest absolute Gasteiger partial charge is 0.490 e. The Kier molecular flexibility index (Phi) is 12.6. The Bertz CT molecular complexity index is 737. The van der Waals surface area contributed by atoms with E-state index in [9.17, 15) is 4.79 Å². The van der Waals surface area contributed by atoms with Gasteiger partial charge < -0.3 is 23.7 Å². The maximum absolute atomic E-state index is 12.5. The van der Waals surface area contributed by atoms with E-state index in [0.29, 0.717) is 55.0 Å². The van der Waals surface area contributed by atoms with Gasteiger partial charge in [-0.1, -0.05) is 34.1 Å². The van der Waals surface area contributed by atoms with Crippen molar-refractivity contribution in [2.75, 3.05) is 26.4 Å². The highest BCUT2D eigenvalue weighted by molar-refractivity contribution is 5.88. The fourth-order valence-electron chi connectivity index (χ4n) is 3.63. The van der Waals surface area contributed by atoms with Gasteiger partial charge in [-0.3, -0.25) is 0 Å². The summed E-state index contributed by atoms with van der Waals surface area (Å²) in [6.45, 7) is 10.4. The van der Waals surface area contributed by atoms with Gasteiger partial charge in [0.1, 0.15) is 6.10 Å². The maximum Gasteiger partial charge on any atom is 0.331 e. The Hall–Kier alpha value is -2.37. The lowest BCUT2D eigenvalue weighted by atomic mass is 9.98. The second kappa shape index (κ2) is 15.5. The number of ether oxygens (including phenoxy) is 5. The van der Waals surface area contributed by atoms with Crippen LogP contribution in [0.2, 0.25) is 0 Å². The lowest BCUT2D eigenvalue weighted by molar-refractivity contribution is -0.144. The Balaban J connectivity index is 2.41. The molecule has 0 amide bonds. The highest BCUT2D eigenvalue weighted by Gasteiger charge is 2.23. The molecule has 186 valence electrons. The van der Waals surface area contributed by atoms with Crippen LogP contribution in [0, 0.1) is 0 Å². The SMILES string of the molecule is CCCOc1cc(C=CC(=O)OC2CCCCC2)c(OCCC)c(OCCC)c1OCCC. The standard InChI is InChI=1S/C27H42O6/c1-5-16-29-23-20-21(14-15-24(28)33-22-12-10-9-11-13-22)25(30-17-6-2)27(32-19-8-4)26(23)31-18-7-3/h14-15,20,22H,5-13,16-19H2,1-4H3. The second-order valence-corrected chi connectivity index (χ2v) is 8.38. The smallest absolute Gasteiger partial charge is 0.331 e. The number of hydrogen-bond acceptors (Lipinski definition) is 6. The first-order valence-corrected chi connectivity index (χ1v) is 12.7. The summed E-state index contributed by atoms with van der Waals surface area (Å²) in [5, 5.41) is 0. The van der Waals surface area contributed by atoms with Gasteiger partial charge in [-0.05, 0) is 63.5 Å². The fourth-order valence-corrected chi connectivity index (χ4v) is 3.63. The van der Waals surface area contributed by atoms with E-state index in [1.165, 1.54) is 12.5 Å². The van der Waals surface area contributed by atoms with Crippen LogP contribution < -0.4 is 18.9 Å². The van der Waals surface area contributed by atoms with Gasteiger partial charge in [0.15, 0.2) is 11.5 Å². The molecule has 0 aromatic heterocycles. The molecule has 6 heteroatoms. The zero-order chi connectivity index (χ0) is 23.9. The fraction of sp³-hybridized carbons (Fsp3) is 0.667. The van der Waals surface area contributed by atoms with Crippen LogP contribution in [0.4, 0.5) is 0 Å². The Morgan fingerprint density at radius 2 is 1.33 bits per heavy atom. The van der Waals surface area contributed by atoms with Crippen LogP contribution in [0.1, 0.15) is 91.0 Å². The average Bonchev–Trinajstić information content (AvgIpc) is 2.83.